The molecular weight excluding hydrogens is 280 g/mol. The van der Waals surface area contributed by atoms with Crippen molar-refractivity contribution in [3.05, 3.63) is 46.7 Å². The highest BCUT2D eigenvalue weighted by Crippen LogP contribution is 2.16. The van der Waals surface area contributed by atoms with Crippen LogP contribution in [0.1, 0.15) is 24.2 Å². The molecule has 0 spiro atoms. The Morgan fingerprint density at radius 2 is 2.19 bits per heavy atom. The molecule has 0 atom stereocenters. The second-order valence-corrected chi connectivity index (χ2v) is 6.00. The third-order valence-electron chi connectivity index (χ3n) is 3.46. The standard InChI is InChI=1S/C16H20N4S/c1-2-10-20-14-6-4-3-5-13(14)19-15(20)12-17-8-7-16-18-9-11-21-16/h3-6,9,11,17H,2,7-8,10,12H2,1H3. The number of nitrogens with zero attached hydrogens (tertiary/aromatic N) is 3. The third-order valence-corrected chi connectivity index (χ3v) is 4.30. The number of aromatic nitrogens is 3. The summed E-state index contributed by atoms with van der Waals surface area (Å²) in [5.74, 6) is 1.12. The monoisotopic (exact) mass is 300 g/mol. The average molecular weight is 300 g/mol. The molecule has 1 N–H and O–H groups in total. The molecule has 2 heterocycles. The van der Waals surface area contributed by atoms with Crippen LogP contribution in [0.5, 0.6) is 0 Å². The molecule has 0 fully saturated rings. The van der Waals surface area contributed by atoms with Gasteiger partial charge in [-0.1, -0.05) is 19.1 Å². The molecule has 0 bridgehead atoms. The van der Waals surface area contributed by atoms with Gasteiger partial charge >= 0.3 is 0 Å². The topological polar surface area (TPSA) is 42.7 Å². The van der Waals surface area contributed by atoms with E-state index in [9.17, 15) is 0 Å². The Hall–Kier alpha value is -1.72. The van der Waals surface area contributed by atoms with Crippen LogP contribution >= 0.6 is 11.3 Å². The van der Waals surface area contributed by atoms with Crippen molar-refractivity contribution in [1.29, 1.82) is 0 Å². The van der Waals surface area contributed by atoms with Crippen molar-refractivity contribution in [1.82, 2.24) is 19.9 Å². The van der Waals surface area contributed by atoms with Crippen LogP contribution in [-0.4, -0.2) is 21.1 Å². The van der Waals surface area contributed by atoms with E-state index in [2.05, 4.69) is 40.0 Å². The van der Waals surface area contributed by atoms with E-state index in [1.54, 1.807) is 11.3 Å². The van der Waals surface area contributed by atoms with Crippen molar-refractivity contribution in [3.8, 4) is 0 Å². The summed E-state index contributed by atoms with van der Waals surface area (Å²) in [6.45, 7) is 4.96. The summed E-state index contributed by atoms with van der Waals surface area (Å²) in [6.07, 6.45) is 3.96. The molecule has 0 aliphatic rings. The van der Waals surface area contributed by atoms with Crippen molar-refractivity contribution in [3.63, 3.8) is 0 Å². The van der Waals surface area contributed by atoms with Gasteiger partial charge in [0, 0.05) is 31.1 Å². The maximum Gasteiger partial charge on any atom is 0.123 e. The number of para-hydroxylation sites is 2. The second-order valence-electron chi connectivity index (χ2n) is 5.02. The van der Waals surface area contributed by atoms with E-state index in [0.29, 0.717) is 0 Å². The van der Waals surface area contributed by atoms with Gasteiger partial charge in [-0.3, -0.25) is 0 Å². The molecule has 0 aliphatic carbocycles. The Bertz CT molecular complexity index is 687. The smallest absolute Gasteiger partial charge is 0.123 e. The average Bonchev–Trinajstić information content (AvgIpc) is 3.13. The van der Waals surface area contributed by atoms with Crippen molar-refractivity contribution in [2.24, 2.45) is 0 Å². The number of nitrogens with one attached hydrogen (secondary N) is 1. The Balaban J connectivity index is 1.66. The number of fused-ring (bicyclic) bond motifs is 1. The van der Waals surface area contributed by atoms with Crippen molar-refractivity contribution in [2.75, 3.05) is 6.54 Å². The zero-order valence-corrected chi connectivity index (χ0v) is 13.1. The molecule has 110 valence electrons. The van der Waals surface area contributed by atoms with Gasteiger partial charge in [-0.05, 0) is 18.6 Å². The van der Waals surface area contributed by atoms with E-state index in [1.165, 1.54) is 10.5 Å². The largest absolute Gasteiger partial charge is 0.327 e. The molecule has 5 heteroatoms. The zero-order valence-electron chi connectivity index (χ0n) is 12.2. The molecule has 0 aliphatic heterocycles. The van der Waals surface area contributed by atoms with Crippen molar-refractivity contribution in [2.45, 2.75) is 32.9 Å². The first-order chi connectivity index (χ1) is 10.4. The molecule has 1 aromatic carbocycles. The number of benzene rings is 1. The summed E-state index contributed by atoms with van der Waals surface area (Å²) in [5, 5.41) is 6.69. The lowest BCUT2D eigenvalue weighted by Crippen LogP contribution is -2.19. The highest BCUT2D eigenvalue weighted by molar-refractivity contribution is 7.09. The number of rotatable bonds is 7. The molecule has 0 saturated carbocycles. The molecule has 4 nitrogen and oxygen atoms in total. The molecule has 0 saturated heterocycles. The van der Waals surface area contributed by atoms with Gasteiger partial charge in [0.15, 0.2) is 0 Å². The first kappa shape index (κ1) is 14.2. The number of imidazole rings is 1. The lowest BCUT2D eigenvalue weighted by atomic mass is 10.3. The molecule has 0 unspecified atom stereocenters. The quantitative estimate of drug-likeness (QED) is 0.681. The fraction of sp³-hybridized carbons (Fsp3) is 0.375. The van der Waals surface area contributed by atoms with Crippen LogP contribution in [0.25, 0.3) is 11.0 Å². The molecule has 3 aromatic rings. The molecule has 21 heavy (non-hydrogen) atoms. The van der Waals surface area contributed by atoms with E-state index in [-0.39, 0.29) is 0 Å². The van der Waals surface area contributed by atoms with Gasteiger partial charge in [0.1, 0.15) is 5.82 Å². The third kappa shape index (κ3) is 3.31. The first-order valence-corrected chi connectivity index (χ1v) is 8.29. The van der Waals surface area contributed by atoms with Crippen LogP contribution in [-0.2, 0) is 19.5 Å². The van der Waals surface area contributed by atoms with Crippen LogP contribution in [0.3, 0.4) is 0 Å². The first-order valence-electron chi connectivity index (χ1n) is 7.41. The van der Waals surface area contributed by atoms with Gasteiger partial charge in [0.25, 0.3) is 0 Å². The summed E-state index contributed by atoms with van der Waals surface area (Å²) in [5.41, 5.74) is 2.32. The van der Waals surface area contributed by atoms with Crippen LogP contribution in [0.2, 0.25) is 0 Å². The Morgan fingerprint density at radius 1 is 1.29 bits per heavy atom. The lowest BCUT2D eigenvalue weighted by Gasteiger charge is -2.08. The van der Waals surface area contributed by atoms with Crippen LogP contribution in [0.4, 0.5) is 0 Å². The van der Waals surface area contributed by atoms with Gasteiger partial charge < -0.3 is 9.88 Å². The second kappa shape index (κ2) is 6.83. The van der Waals surface area contributed by atoms with Gasteiger partial charge in [-0.2, -0.15) is 0 Å². The maximum atomic E-state index is 4.75. The summed E-state index contributed by atoms with van der Waals surface area (Å²) >= 11 is 1.71. The van der Waals surface area contributed by atoms with Crippen LogP contribution in [0, 0.1) is 0 Å². The number of aryl methyl sites for hydroxylation is 1. The minimum atomic E-state index is 0.806. The fourth-order valence-corrected chi connectivity index (χ4v) is 3.13. The highest BCUT2D eigenvalue weighted by Gasteiger charge is 2.09. The SMILES string of the molecule is CCCn1c(CNCCc2nccs2)nc2ccccc21. The number of hydrogen-bond donors (Lipinski definition) is 1. The molecule has 3 rings (SSSR count). The van der Waals surface area contributed by atoms with Crippen molar-refractivity contribution >= 4 is 22.4 Å². The Labute approximate surface area is 128 Å². The van der Waals surface area contributed by atoms with Crippen molar-refractivity contribution < 1.29 is 0 Å². The molecule has 0 amide bonds. The molecule has 2 aromatic heterocycles. The minimum absolute atomic E-state index is 0.806. The Kier molecular flexibility index (Phi) is 4.62. The zero-order chi connectivity index (χ0) is 14.5. The van der Waals surface area contributed by atoms with E-state index >= 15 is 0 Å². The van der Waals surface area contributed by atoms with E-state index in [1.807, 2.05) is 17.6 Å². The van der Waals surface area contributed by atoms with Crippen LogP contribution in [0.15, 0.2) is 35.8 Å². The van der Waals surface area contributed by atoms with E-state index < -0.39 is 0 Å². The summed E-state index contributed by atoms with van der Waals surface area (Å²) in [7, 11) is 0. The normalized spacial score (nSPS) is 11.3. The summed E-state index contributed by atoms with van der Waals surface area (Å²) in [6, 6.07) is 8.36. The summed E-state index contributed by atoms with van der Waals surface area (Å²) < 4.78 is 2.33. The van der Waals surface area contributed by atoms with Gasteiger partial charge in [0.05, 0.1) is 22.6 Å². The lowest BCUT2D eigenvalue weighted by molar-refractivity contribution is 0.598. The van der Waals surface area contributed by atoms with Gasteiger partial charge in [0.2, 0.25) is 0 Å². The maximum absolute atomic E-state index is 4.75. The van der Waals surface area contributed by atoms with E-state index in [0.717, 1.165) is 43.8 Å². The fourth-order valence-electron chi connectivity index (χ4n) is 2.51. The predicted octanol–water partition coefficient (Wildman–Crippen LogP) is 3.24. The number of hydrogen-bond acceptors (Lipinski definition) is 4. The van der Waals surface area contributed by atoms with E-state index in [4.69, 9.17) is 4.98 Å². The van der Waals surface area contributed by atoms with Gasteiger partial charge in [-0.15, -0.1) is 11.3 Å². The Morgan fingerprint density at radius 3 is 3.00 bits per heavy atom. The predicted molar refractivity (Wildman–Crippen MR) is 87.5 cm³/mol. The van der Waals surface area contributed by atoms with Crippen LogP contribution < -0.4 is 5.32 Å². The van der Waals surface area contributed by atoms with Gasteiger partial charge in [-0.25, -0.2) is 9.97 Å². The summed E-state index contributed by atoms with van der Waals surface area (Å²) in [4.78, 5) is 9.05. The molecular formula is C16H20N4S. The molecule has 0 radical (unpaired) electrons. The highest BCUT2D eigenvalue weighted by atomic mass is 32.1. The minimum Gasteiger partial charge on any atom is -0.327 e. The number of thiazole rings is 1.